The zero-order chi connectivity index (χ0) is 34.0. The van der Waals surface area contributed by atoms with Crippen molar-refractivity contribution < 1.29 is 33.9 Å². The fourth-order valence-electron chi connectivity index (χ4n) is 5.91. The van der Waals surface area contributed by atoms with Gasteiger partial charge in [0.1, 0.15) is 30.2 Å². The van der Waals surface area contributed by atoms with Crippen LogP contribution in [0.3, 0.4) is 0 Å². The van der Waals surface area contributed by atoms with Crippen molar-refractivity contribution in [1.29, 1.82) is 0 Å². The van der Waals surface area contributed by atoms with Crippen LogP contribution in [0.1, 0.15) is 72.3 Å². The Bertz CT molecular complexity index is 1230. The number of hydrogen-bond donors (Lipinski definition) is 6. The molecule has 2 aliphatic rings. The third-order valence-corrected chi connectivity index (χ3v) is 8.43. The molecule has 254 valence electrons. The first-order valence-electron chi connectivity index (χ1n) is 16.3. The molecule has 2 fully saturated rings. The van der Waals surface area contributed by atoms with E-state index in [0.29, 0.717) is 25.7 Å². The summed E-state index contributed by atoms with van der Waals surface area (Å²) < 4.78 is 0. The van der Waals surface area contributed by atoms with Crippen LogP contribution < -0.4 is 26.6 Å². The van der Waals surface area contributed by atoms with E-state index in [0.717, 1.165) is 18.5 Å². The Morgan fingerprint density at radius 1 is 0.848 bits per heavy atom. The standard InChI is InChI=1S/C33H50N6O7/c1-19(2)17-24(36-31(43)27(20(3)4)38-28(40)23-13-9-15-34-23)29(41)35-21(5)32(44)39-16-10-14-26(39)30(42)37-25(33(45)46)18-22-11-7-6-8-12-22/h6-8,11-12,19-21,23-27,34H,9-10,13-18H2,1-5H3,(H,35,41)(H,36,43)(H,37,42)(H,38,40)(H,45,46)/t21-,23-,24-,25-,26-,27-/m0/s1. The molecule has 1 aromatic carbocycles. The molecule has 0 aromatic heterocycles. The first-order chi connectivity index (χ1) is 21.8. The molecule has 46 heavy (non-hydrogen) atoms. The van der Waals surface area contributed by atoms with Gasteiger partial charge in [-0.1, -0.05) is 58.0 Å². The van der Waals surface area contributed by atoms with Crippen molar-refractivity contribution in [3.63, 3.8) is 0 Å². The number of rotatable bonds is 15. The number of carboxylic acid groups (broad SMARTS) is 1. The van der Waals surface area contributed by atoms with Crippen molar-refractivity contribution in [3.05, 3.63) is 35.9 Å². The monoisotopic (exact) mass is 642 g/mol. The molecular weight excluding hydrogens is 592 g/mol. The lowest BCUT2D eigenvalue weighted by molar-refractivity contribution is -0.144. The highest BCUT2D eigenvalue weighted by atomic mass is 16.4. The van der Waals surface area contributed by atoms with Gasteiger partial charge in [0.2, 0.25) is 29.5 Å². The molecule has 6 N–H and O–H groups in total. The number of hydrogen-bond acceptors (Lipinski definition) is 7. The van der Waals surface area contributed by atoms with Crippen LogP contribution in [-0.2, 0) is 35.2 Å². The van der Waals surface area contributed by atoms with E-state index in [1.54, 1.807) is 24.3 Å². The quantitative estimate of drug-likeness (QED) is 0.162. The average molecular weight is 643 g/mol. The Balaban J connectivity index is 1.63. The van der Waals surface area contributed by atoms with E-state index in [1.165, 1.54) is 11.8 Å². The van der Waals surface area contributed by atoms with Gasteiger partial charge >= 0.3 is 5.97 Å². The lowest BCUT2D eigenvalue weighted by Gasteiger charge is -2.30. The summed E-state index contributed by atoms with van der Waals surface area (Å²) in [5, 5.41) is 23.7. The predicted molar refractivity (Wildman–Crippen MR) is 171 cm³/mol. The van der Waals surface area contributed by atoms with Crippen LogP contribution in [0.2, 0.25) is 0 Å². The minimum absolute atomic E-state index is 0.0292. The molecule has 0 aliphatic carbocycles. The molecule has 5 amide bonds. The van der Waals surface area contributed by atoms with Crippen LogP contribution in [0.15, 0.2) is 30.3 Å². The Hall–Kier alpha value is -4.00. The molecule has 0 radical (unpaired) electrons. The Morgan fingerprint density at radius 3 is 2.13 bits per heavy atom. The third-order valence-electron chi connectivity index (χ3n) is 8.43. The second-order valence-electron chi connectivity index (χ2n) is 13.1. The van der Waals surface area contributed by atoms with E-state index in [-0.39, 0.29) is 36.8 Å². The van der Waals surface area contributed by atoms with E-state index in [2.05, 4.69) is 26.6 Å². The number of amides is 5. The van der Waals surface area contributed by atoms with Gasteiger partial charge in [-0.25, -0.2) is 4.79 Å². The summed E-state index contributed by atoms with van der Waals surface area (Å²) in [6.07, 6.45) is 2.87. The van der Waals surface area contributed by atoms with Gasteiger partial charge in [-0.05, 0) is 63.0 Å². The van der Waals surface area contributed by atoms with Crippen molar-refractivity contribution >= 4 is 35.5 Å². The summed E-state index contributed by atoms with van der Waals surface area (Å²) >= 11 is 0. The number of carbonyl (C=O) groups is 6. The summed E-state index contributed by atoms with van der Waals surface area (Å²) in [7, 11) is 0. The summed E-state index contributed by atoms with van der Waals surface area (Å²) in [5.41, 5.74) is 0.752. The van der Waals surface area contributed by atoms with E-state index in [1.807, 2.05) is 33.8 Å². The highest BCUT2D eigenvalue weighted by Crippen LogP contribution is 2.20. The molecule has 2 heterocycles. The van der Waals surface area contributed by atoms with Gasteiger partial charge in [-0.2, -0.15) is 0 Å². The Morgan fingerprint density at radius 2 is 1.54 bits per heavy atom. The zero-order valence-corrected chi connectivity index (χ0v) is 27.5. The number of nitrogens with zero attached hydrogens (tertiary/aromatic N) is 1. The fraction of sp³-hybridized carbons (Fsp3) is 0.636. The maximum absolute atomic E-state index is 13.5. The Labute approximate surface area is 271 Å². The highest BCUT2D eigenvalue weighted by molar-refractivity contribution is 5.96. The van der Waals surface area contributed by atoms with Crippen LogP contribution in [0.25, 0.3) is 0 Å². The van der Waals surface area contributed by atoms with Crippen LogP contribution in [0.5, 0.6) is 0 Å². The van der Waals surface area contributed by atoms with Gasteiger partial charge in [0.25, 0.3) is 0 Å². The molecule has 0 spiro atoms. The van der Waals surface area contributed by atoms with Crippen molar-refractivity contribution in [2.75, 3.05) is 13.1 Å². The molecule has 0 saturated carbocycles. The van der Waals surface area contributed by atoms with Crippen molar-refractivity contribution in [2.45, 2.75) is 109 Å². The summed E-state index contributed by atoms with van der Waals surface area (Å²) in [6, 6.07) is 3.72. The number of carboxylic acids is 1. The summed E-state index contributed by atoms with van der Waals surface area (Å²) in [5.74, 6) is -3.72. The van der Waals surface area contributed by atoms with Gasteiger partial charge in [0.05, 0.1) is 6.04 Å². The van der Waals surface area contributed by atoms with E-state index >= 15 is 0 Å². The molecule has 0 unspecified atom stereocenters. The van der Waals surface area contributed by atoms with E-state index in [9.17, 15) is 33.9 Å². The van der Waals surface area contributed by atoms with E-state index in [4.69, 9.17) is 0 Å². The van der Waals surface area contributed by atoms with E-state index < -0.39 is 59.8 Å². The maximum Gasteiger partial charge on any atom is 0.326 e. The normalized spacial score (nSPS) is 20.5. The van der Waals surface area contributed by atoms with Crippen molar-refractivity contribution in [2.24, 2.45) is 11.8 Å². The van der Waals surface area contributed by atoms with Gasteiger partial charge in [0.15, 0.2) is 0 Å². The van der Waals surface area contributed by atoms with Gasteiger partial charge in [0, 0.05) is 13.0 Å². The lowest BCUT2D eigenvalue weighted by atomic mass is 9.99. The van der Waals surface area contributed by atoms with Crippen LogP contribution in [-0.4, -0.2) is 94.9 Å². The predicted octanol–water partition coefficient (Wildman–Crippen LogP) is 0.718. The third kappa shape index (κ3) is 10.3. The minimum atomic E-state index is -1.18. The molecule has 6 atom stereocenters. The molecular formula is C33H50N6O7. The van der Waals surface area contributed by atoms with Gasteiger partial charge in [-0.15, -0.1) is 0 Å². The number of likely N-dealkylation sites (tertiary alicyclic amines) is 1. The van der Waals surface area contributed by atoms with Crippen LogP contribution >= 0.6 is 0 Å². The smallest absolute Gasteiger partial charge is 0.326 e. The van der Waals surface area contributed by atoms with Crippen LogP contribution in [0, 0.1) is 11.8 Å². The summed E-state index contributed by atoms with van der Waals surface area (Å²) in [6.45, 7) is 9.98. The molecule has 3 rings (SSSR count). The maximum atomic E-state index is 13.5. The van der Waals surface area contributed by atoms with Crippen molar-refractivity contribution in [3.8, 4) is 0 Å². The summed E-state index contributed by atoms with van der Waals surface area (Å²) in [4.78, 5) is 79.5. The average Bonchev–Trinajstić information content (AvgIpc) is 3.72. The second kappa shape index (κ2) is 17.1. The molecule has 2 aliphatic heterocycles. The fourth-order valence-corrected chi connectivity index (χ4v) is 5.91. The SMILES string of the molecule is CC(C)C[C@H](NC(=O)[C@@H](NC(=O)[C@@H]1CCCN1)C(C)C)C(=O)N[C@@H](C)C(=O)N1CCC[C@H]1C(=O)N[C@@H](Cc1ccccc1)C(=O)O. The first-order valence-corrected chi connectivity index (χ1v) is 16.3. The zero-order valence-electron chi connectivity index (χ0n) is 27.5. The number of aliphatic carboxylic acids is 1. The van der Waals surface area contributed by atoms with Gasteiger partial charge < -0.3 is 36.6 Å². The molecule has 2 saturated heterocycles. The molecule has 1 aromatic rings. The lowest BCUT2D eigenvalue weighted by Crippen LogP contribution is -2.59. The Kier molecular flexibility index (Phi) is 13.5. The molecule has 13 nitrogen and oxygen atoms in total. The first kappa shape index (κ1) is 36.5. The largest absolute Gasteiger partial charge is 0.480 e. The minimum Gasteiger partial charge on any atom is -0.480 e. The molecule has 0 bridgehead atoms. The number of nitrogens with one attached hydrogen (secondary N) is 5. The topological polar surface area (TPSA) is 186 Å². The van der Waals surface area contributed by atoms with Gasteiger partial charge in [-0.3, -0.25) is 24.0 Å². The number of carbonyl (C=O) groups excluding carboxylic acids is 5. The highest BCUT2D eigenvalue weighted by Gasteiger charge is 2.39. The van der Waals surface area contributed by atoms with Crippen LogP contribution in [0.4, 0.5) is 0 Å². The molecule has 13 heteroatoms. The van der Waals surface area contributed by atoms with Crippen molar-refractivity contribution in [1.82, 2.24) is 31.5 Å². The number of benzene rings is 1. The second-order valence-corrected chi connectivity index (χ2v) is 13.1.